The molecule has 3 heterocycles. The second-order valence-corrected chi connectivity index (χ2v) is 6.01. The lowest BCUT2D eigenvalue weighted by atomic mass is 10.1. The lowest BCUT2D eigenvalue weighted by Crippen LogP contribution is -2.63. The normalized spacial score (nSPS) is 21.9. The van der Waals surface area contributed by atoms with Gasteiger partial charge >= 0.3 is 0 Å². The van der Waals surface area contributed by atoms with E-state index in [1.807, 2.05) is 0 Å². The first kappa shape index (κ1) is 13.0. The van der Waals surface area contributed by atoms with Gasteiger partial charge in [-0.25, -0.2) is 4.39 Å². The van der Waals surface area contributed by atoms with E-state index < -0.39 is 0 Å². The van der Waals surface area contributed by atoms with Crippen LogP contribution in [0.25, 0.3) is 11.1 Å². The van der Waals surface area contributed by atoms with E-state index in [0.29, 0.717) is 17.6 Å². The van der Waals surface area contributed by atoms with Crippen LogP contribution in [0.3, 0.4) is 0 Å². The van der Waals surface area contributed by atoms with Gasteiger partial charge in [0.15, 0.2) is 5.58 Å². The summed E-state index contributed by atoms with van der Waals surface area (Å²) in [5, 5.41) is 0. The van der Waals surface area contributed by atoms with Gasteiger partial charge in [0.1, 0.15) is 11.3 Å². The average Bonchev–Trinajstić information content (AvgIpc) is 2.81. The predicted molar refractivity (Wildman–Crippen MR) is 79.0 cm³/mol. The Morgan fingerprint density at radius 3 is 2.71 bits per heavy atom. The van der Waals surface area contributed by atoms with Crippen LogP contribution in [-0.4, -0.2) is 67.1 Å². The monoisotopic (exact) mass is 290 g/mol. The summed E-state index contributed by atoms with van der Waals surface area (Å²) in [7, 11) is 2.17. The fraction of sp³-hybridized carbons (Fsp3) is 0.533. The zero-order valence-corrected chi connectivity index (χ0v) is 12.1. The maximum atomic E-state index is 13.2. The summed E-state index contributed by atoms with van der Waals surface area (Å²) in [5.74, 6) is -0.288. The molecule has 0 N–H and O–H groups in total. The first-order valence-electron chi connectivity index (χ1n) is 7.43. The third kappa shape index (κ3) is 2.38. The molecular weight excluding hydrogens is 271 g/mol. The minimum Gasteiger partial charge on any atom is -0.423 e. The summed E-state index contributed by atoms with van der Waals surface area (Å²) < 4.78 is 18.8. The third-order valence-electron chi connectivity index (χ3n) is 4.53. The summed E-state index contributed by atoms with van der Waals surface area (Å²) in [6, 6.07) is 5.67. The fourth-order valence-electron chi connectivity index (χ4n) is 3.05. The number of aromatic nitrogens is 1. The molecule has 0 aliphatic carbocycles. The number of hydrogen-bond acceptors (Lipinski definition) is 5. The number of hydrogen-bond donors (Lipinski definition) is 0. The zero-order chi connectivity index (χ0) is 14.4. The molecule has 1 aromatic heterocycles. The molecule has 21 heavy (non-hydrogen) atoms. The first-order chi connectivity index (χ1) is 10.2. The van der Waals surface area contributed by atoms with Gasteiger partial charge in [0.25, 0.3) is 6.01 Å². The highest BCUT2D eigenvalue weighted by Gasteiger charge is 2.35. The molecule has 2 aliphatic rings. The van der Waals surface area contributed by atoms with Gasteiger partial charge in [-0.3, -0.25) is 4.90 Å². The molecule has 5 nitrogen and oxygen atoms in total. The van der Waals surface area contributed by atoms with Crippen molar-refractivity contribution < 1.29 is 8.81 Å². The van der Waals surface area contributed by atoms with E-state index in [-0.39, 0.29) is 5.82 Å². The Balaban J connectivity index is 1.42. The number of nitrogens with zero attached hydrogens (tertiary/aromatic N) is 4. The Bertz CT molecular complexity index is 644. The summed E-state index contributed by atoms with van der Waals surface area (Å²) in [4.78, 5) is 11.5. The van der Waals surface area contributed by atoms with Crippen molar-refractivity contribution in [3.63, 3.8) is 0 Å². The van der Waals surface area contributed by atoms with Crippen LogP contribution in [0.15, 0.2) is 22.6 Å². The highest BCUT2D eigenvalue weighted by Crippen LogP contribution is 2.27. The molecule has 0 unspecified atom stereocenters. The van der Waals surface area contributed by atoms with Crippen molar-refractivity contribution in [1.29, 1.82) is 0 Å². The molecule has 0 bridgehead atoms. The van der Waals surface area contributed by atoms with Crippen LogP contribution in [0.5, 0.6) is 0 Å². The van der Waals surface area contributed by atoms with Gasteiger partial charge in [0.2, 0.25) is 0 Å². The zero-order valence-electron chi connectivity index (χ0n) is 12.1. The van der Waals surface area contributed by atoms with E-state index in [1.165, 1.54) is 12.1 Å². The molecule has 1 aromatic carbocycles. The Morgan fingerprint density at radius 2 is 1.95 bits per heavy atom. The highest BCUT2D eigenvalue weighted by atomic mass is 19.1. The maximum absolute atomic E-state index is 13.2. The van der Waals surface area contributed by atoms with Gasteiger partial charge in [-0.15, -0.1) is 0 Å². The third-order valence-corrected chi connectivity index (χ3v) is 4.53. The van der Waals surface area contributed by atoms with Crippen molar-refractivity contribution in [3.8, 4) is 0 Å². The van der Waals surface area contributed by atoms with Gasteiger partial charge < -0.3 is 14.2 Å². The van der Waals surface area contributed by atoms with Gasteiger partial charge in [0.05, 0.1) is 0 Å². The van der Waals surface area contributed by atoms with Crippen LogP contribution in [0.2, 0.25) is 0 Å². The molecule has 0 amide bonds. The van der Waals surface area contributed by atoms with E-state index >= 15 is 0 Å². The minimum atomic E-state index is -0.288. The lowest BCUT2D eigenvalue weighted by molar-refractivity contribution is 0.0945. The SMILES string of the molecule is CN1CCN(C2CN(c3nc4ccc(F)cc4o3)C2)CC1. The van der Waals surface area contributed by atoms with Crippen LogP contribution >= 0.6 is 0 Å². The van der Waals surface area contributed by atoms with Crippen molar-refractivity contribution in [3.05, 3.63) is 24.0 Å². The Labute approximate surface area is 122 Å². The summed E-state index contributed by atoms with van der Waals surface area (Å²) in [5.41, 5.74) is 1.24. The van der Waals surface area contributed by atoms with Crippen LogP contribution in [0.4, 0.5) is 10.4 Å². The van der Waals surface area contributed by atoms with Crippen LogP contribution in [0, 0.1) is 5.82 Å². The summed E-state index contributed by atoms with van der Waals surface area (Å²) >= 11 is 0. The standard InChI is InChI=1S/C15H19FN4O/c1-18-4-6-19(7-5-18)12-9-20(10-12)15-17-13-3-2-11(16)8-14(13)21-15/h2-3,8,12H,4-7,9-10H2,1H3. The number of fused-ring (bicyclic) bond motifs is 1. The van der Waals surface area contributed by atoms with Crippen LogP contribution in [0.1, 0.15) is 0 Å². The number of halogens is 1. The van der Waals surface area contributed by atoms with E-state index in [9.17, 15) is 4.39 Å². The smallest absolute Gasteiger partial charge is 0.298 e. The Hall–Kier alpha value is -1.66. The molecule has 2 aliphatic heterocycles. The highest BCUT2D eigenvalue weighted by molar-refractivity contribution is 5.74. The number of benzene rings is 1. The molecule has 2 aromatic rings. The molecular formula is C15H19FN4O. The topological polar surface area (TPSA) is 35.8 Å². The number of likely N-dealkylation sites (N-methyl/N-ethyl adjacent to an activating group) is 1. The molecule has 0 saturated carbocycles. The van der Waals surface area contributed by atoms with E-state index in [0.717, 1.165) is 44.8 Å². The predicted octanol–water partition coefficient (Wildman–Crippen LogP) is 1.40. The van der Waals surface area contributed by atoms with Crippen molar-refractivity contribution in [2.75, 3.05) is 51.2 Å². The number of anilines is 1. The molecule has 0 spiro atoms. The van der Waals surface area contributed by atoms with Crippen molar-refractivity contribution in [2.45, 2.75) is 6.04 Å². The fourth-order valence-corrected chi connectivity index (χ4v) is 3.05. The molecule has 2 saturated heterocycles. The number of oxazole rings is 1. The molecule has 2 fully saturated rings. The van der Waals surface area contributed by atoms with Crippen LogP contribution < -0.4 is 4.90 Å². The van der Waals surface area contributed by atoms with Gasteiger partial charge in [-0.2, -0.15) is 4.98 Å². The minimum absolute atomic E-state index is 0.288. The Morgan fingerprint density at radius 1 is 1.19 bits per heavy atom. The van der Waals surface area contributed by atoms with Crippen molar-refractivity contribution in [1.82, 2.24) is 14.8 Å². The molecule has 112 valence electrons. The molecule has 0 radical (unpaired) electrons. The summed E-state index contributed by atoms with van der Waals surface area (Å²) in [6.07, 6.45) is 0. The molecule has 4 rings (SSSR count). The first-order valence-corrected chi connectivity index (χ1v) is 7.43. The van der Waals surface area contributed by atoms with E-state index in [2.05, 4.69) is 26.7 Å². The lowest BCUT2D eigenvalue weighted by Gasteiger charge is -2.47. The van der Waals surface area contributed by atoms with Crippen molar-refractivity contribution >= 4 is 17.1 Å². The number of piperazine rings is 1. The van der Waals surface area contributed by atoms with Crippen molar-refractivity contribution in [2.24, 2.45) is 0 Å². The second-order valence-electron chi connectivity index (χ2n) is 6.01. The quantitative estimate of drug-likeness (QED) is 0.835. The van der Waals surface area contributed by atoms with Gasteiger partial charge in [-0.1, -0.05) is 0 Å². The van der Waals surface area contributed by atoms with Gasteiger partial charge in [-0.05, 0) is 19.2 Å². The average molecular weight is 290 g/mol. The largest absolute Gasteiger partial charge is 0.423 e. The second kappa shape index (κ2) is 4.96. The summed E-state index contributed by atoms with van der Waals surface area (Å²) in [6.45, 7) is 6.43. The van der Waals surface area contributed by atoms with Gasteiger partial charge in [0, 0.05) is 51.4 Å². The number of rotatable bonds is 2. The Kier molecular flexibility index (Phi) is 3.08. The molecule has 0 atom stereocenters. The maximum Gasteiger partial charge on any atom is 0.298 e. The molecule has 6 heteroatoms. The van der Waals surface area contributed by atoms with Crippen LogP contribution in [-0.2, 0) is 0 Å². The van der Waals surface area contributed by atoms with E-state index in [1.54, 1.807) is 6.07 Å². The van der Waals surface area contributed by atoms with E-state index in [4.69, 9.17) is 4.42 Å².